The Bertz CT molecular complexity index is 620. The van der Waals surface area contributed by atoms with E-state index in [1.54, 1.807) is 10.9 Å². The van der Waals surface area contributed by atoms with E-state index in [0.717, 1.165) is 5.56 Å². The van der Waals surface area contributed by atoms with Crippen molar-refractivity contribution in [3.63, 3.8) is 0 Å². The Hall–Kier alpha value is -2.10. The summed E-state index contributed by atoms with van der Waals surface area (Å²) in [6.07, 6.45) is 3.68. The van der Waals surface area contributed by atoms with E-state index >= 15 is 0 Å². The first-order chi connectivity index (χ1) is 9.77. The van der Waals surface area contributed by atoms with Crippen molar-refractivity contribution < 1.29 is 4.79 Å². The van der Waals surface area contributed by atoms with Crippen LogP contribution in [0.5, 0.6) is 0 Å². The Morgan fingerprint density at radius 3 is 2.33 bits per heavy atom. The molecule has 1 aromatic carbocycles. The molecule has 0 aliphatic carbocycles. The van der Waals surface area contributed by atoms with E-state index in [4.69, 9.17) is 0 Å². The average molecular weight is 285 g/mol. The predicted molar refractivity (Wildman–Crippen MR) is 84.2 cm³/mol. The Balaban J connectivity index is 2.06. The lowest BCUT2D eigenvalue weighted by Gasteiger charge is -2.19. The van der Waals surface area contributed by atoms with Gasteiger partial charge in [-0.2, -0.15) is 5.10 Å². The van der Waals surface area contributed by atoms with E-state index in [0.29, 0.717) is 5.56 Å². The molecule has 2 rings (SSSR count). The van der Waals surface area contributed by atoms with Gasteiger partial charge in [0.15, 0.2) is 0 Å². The topological polar surface area (TPSA) is 46.9 Å². The molecule has 0 saturated carbocycles. The number of carbonyl (C=O) groups excluding carboxylic acids is 1. The molecule has 0 saturated heterocycles. The fourth-order valence-electron chi connectivity index (χ4n) is 2.15. The minimum Gasteiger partial charge on any atom is -0.345 e. The zero-order chi connectivity index (χ0) is 15.6. The maximum Gasteiger partial charge on any atom is 0.251 e. The standard InChI is InChI=1S/C17H23N3O/c1-12(14-10-18-20(5)11-14)19-16(21)13-6-8-15(9-7-13)17(2,3)4/h6-12H,1-5H3,(H,19,21). The summed E-state index contributed by atoms with van der Waals surface area (Å²) in [4.78, 5) is 12.3. The number of nitrogens with one attached hydrogen (secondary N) is 1. The molecule has 112 valence electrons. The van der Waals surface area contributed by atoms with Crippen molar-refractivity contribution in [1.29, 1.82) is 0 Å². The summed E-state index contributed by atoms with van der Waals surface area (Å²) in [5.41, 5.74) is 2.99. The molecule has 4 heteroatoms. The second kappa shape index (κ2) is 5.72. The fraction of sp³-hybridized carbons (Fsp3) is 0.412. The second-order valence-electron chi connectivity index (χ2n) is 6.47. The van der Waals surface area contributed by atoms with Crippen LogP contribution in [-0.2, 0) is 12.5 Å². The van der Waals surface area contributed by atoms with Crippen LogP contribution in [0.1, 0.15) is 55.2 Å². The lowest BCUT2D eigenvalue weighted by atomic mass is 9.86. The van der Waals surface area contributed by atoms with Crippen molar-refractivity contribution in [2.24, 2.45) is 7.05 Å². The van der Waals surface area contributed by atoms with Crippen LogP contribution in [0.2, 0.25) is 0 Å². The predicted octanol–water partition coefficient (Wildman–Crippen LogP) is 3.21. The van der Waals surface area contributed by atoms with Gasteiger partial charge in [0.05, 0.1) is 12.2 Å². The lowest BCUT2D eigenvalue weighted by molar-refractivity contribution is 0.0940. The van der Waals surface area contributed by atoms with Gasteiger partial charge in [0.1, 0.15) is 0 Å². The molecule has 0 aliphatic rings. The van der Waals surface area contributed by atoms with Gasteiger partial charge in [-0.3, -0.25) is 9.48 Å². The van der Waals surface area contributed by atoms with Crippen molar-refractivity contribution >= 4 is 5.91 Å². The van der Waals surface area contributed by atoms with Gasteiger partial charge in [-0.15, -0.1) is 0 Å². The van der Waals surface area contributed by atoms with Crippen molar-refractivity contribution in [3.05, 3.63) is 53.3 Å². The van der Waals surface area contributed by atoms with Gasteiger partial charge in [0.25, 0.3) is 5.91 Å². The van der Waals surface area contributed by atoms with Gasteiger partial charge in [-0.05, 0) is 30.0 Å². The normalized spacial score (nSPS) is 13.0. The Labute approximate surface area is 126 Å². The van der Waals surface area contributed by atoms with Gasteiger partial charge < -0.3 is 5.32 Å². The summed E-state index contributed by atoms with van der Waals surface area (Å²) >= 11 is 0. The van der Waals surface area contributed by atoms with Crippen LogP contribution in [0, 0.1) is 0 Å². The Kier molecular flexibility index (Phi) is 4.16. The van der Waals surface area contributed by atoms with E-state index in [9.17, 15) is 4.79 Å². The average Bonchev–Trinajstić information content (AvgIpc) is 2.84. The number of hydrogen-bond donors (Lipinski definition) is 1. The minimum absolute atomic E-state index is 0.0616. The summed E-state index contributed by atoms with van der Waals surface area (Å²) in [5, 5.41) is 7.11. The van der Waals surface area contributed by atoms with Crippen LogP contribution < -0.4 is 5.32 Å². The van der Waals surface area contributed by atoms with E-state index in [1.807, 2.05) is 44.4 Å². The number of aromatic nitrogens is 2. The molecule has 1 amide bonds. The SMILES string of the molecule is CC(NC(=O)c1ccc(C(C)(C)C)cc1)c1cnn(C)c1. The van der Waals surface area contributed by atoms with Crippen LogP contribution in [0.4, 0.5) is 0 Å². The molecule has 1 N–H and O–H groups in total. The third-order valence-electron chi connectivity index (χ3n) is 3.59. The van der Waals surface area contributed by atoms with Gasteiger partial charge in [0, 0.05) is 24.4 Å². The summed E-state index contributed by atoms with van der Waals surface area (Å²) < 4.78 is 1.73. The number of amides is 1. The number of carbonyl (C=O) groups is 1. The molecule has 0 spiro atoms. The first-order valence-electron chi connectivity index (χ1n) is 7.17. The molecule has 4 nitrogen and oxygen atoms in total. The highest BCUT2D eigenvalue weighted by molar-refractivity contribution is 5.94. The fourth-order valence-corrected chi connectivity index (χ4v) is 2.15. The van der Waals surface area contributed by atoms with Crippen LogP contribution >= 0.6 is 0 Å². The summed E-state index contributed by atoms with van der Waals surface area (Å²) in [6, 6.07) is 7.74. The first-order valence-corrected chi connectivity index (χ1v) is 7.17. The third-order valence-corrected chi connectivity index (χ3v) is 3.59. The molecule has 0 bridgehead atoms. The number of nitrogens with zero attached hydrogens (tertiary/aromatic N) is 2. The molecule has 2 aromatic rings. The smallest absolute Gasteiger partial charge is 0.251 e. The van der Waals surface area contributed by atoms with Crippen molar-refractivity contribution in [2.75, 3.05) is 0 Å². The quantitative estimate of drug-likeness (QED) is 0.941. The molecular formula is C17H23N3O. The molecule has 1 atom stereocenters. The highest BCUT2D eigenvalue weighted by Crippen LogP contribution is 2.22. The maximum atomic E-state index is 12.3. The van der Waals surface area contributed by atoms with Gasteiger partial charge >= 0.3 is 0 Å². The Morgan fingerprint density at radius 2 is 1.86 bits per heavy atom. The molecule has 0 fully saturated rings. The highest BCUT2D eigenvalue weighted by atomic mass is 16.1. The molecule has 0 aliphatic heterocycles. The first kappa shape index (κ1) is 15.3. The zero-order valence-corrected chi connectivity index (χ0v) is 13.3. The highest BCUT2D eigenvalue weighted by Gasteiger charge is 2.16. The number of aryl methyl sites for hydroxylation is 1. The monoisotopic (exact) mass is 285 g/mol. The number of rotatable bonds is 3. The van der Waals surface area contributed by atoms with Crippen LogP contribution in [0.15, 0.2) is 36.7 Å². The number of benzene rings is 1. The van der Waals surface area contributed by atoms with Crippen LogP contribution in [-0.4, -0.2) is 15.7 Å². The van der Waals surface area contributed by atoms with Gasteiger partial charge in [0.2, 0.25) is 0 Å². The zero-order valence-electron chi connectivity index (χ0n) is 13.3. The third kappa shape index (κ3) is 3.72. The summed E-state index contributed by atoms with van der Waals surface area (Å²) in [5.74, 6) is -0.0631. The minimum atomic E-state index is -0.0631. The van der Waals surface area contributed by atoms with Gasteiger partial charge in [-0.25, -0.2) is 0 Å². The Morgan fingerprint density at radius 1 is 1.24 bits per heavy atom. The lowest BCUT2D eigenvalue weighted by Crippen LogP contribution is -2.26. The van der Waals surface area contributed by atoms with E-state index in [1.165, 1.54) is 5.56 Å². The molecule has 1 aromatic heterocycles. The van der Waals surface area contributed by atoms with Crippen LogP contribution in [0.3, 0.4) is 0 Å². The summed E-state index contributed by atoms with van der Waals surface area (Å²) in [7, 11) is 1.86. The molecule has 1 unspecified atom stereocenters. The summed E-state index contributed by atoms with van der Waals surface area (Å²) in [6.45, 7) is 8.43. The van der Waals surface area contributed by atoms with E-state index < -0.39 is 0 Å². The molecule has 0 radical (unpaired) electrons. The molecular weight excluding hydrogens is 262 g/mol. The molecule has 21 heavy (non-hydrogen) atoms. The second-order valence-corrected chi connectivity index (χ2v) is 6.47. The van der Waals surface area contributed by atoms with Crippen molar-refractivity contribution in [2.45, 2.75) is 39.2 Å². The van der Waals surface area contributed by atoms with Crippen molar-refractivity contribution in [1.82, 2.24) is 15.1 Å². The van der Waals surface area contributed by atoms with E-state index in [-0.39, 0.29) is 17.4 Å². The van der Waals surface area contributed by atoms with Crippen molar-refractivity contribution in [3.8, 4) is 0 Å². The van der Waals surface area contributed by atoms with Gasteiger partial charge in [-0.1, -0.05) is 32.9 Å². The largest absolute Gasteiger partial charge is 0.345 e. The van der Waals surface area contributed by atoms with E-state index in [2.05, 4.69) is 31.2 Å². The van der Waals surface area contributed by atoms with Crippen LogP contribution in [0.25, 0.3) is 0 Å². The molecule has 1 heterocycles. The number of hydrogen-bond acceptors (Lipinski definition) is 2. The maximum absolute atomic E-state index is 12.3.